The number of hydrogen-bond acceptors (Lipinski definition) is 0. The molecule has 0 saturated heterocycles. The van der Waals surface area contributed by atoms with Crippen molar-refractivity contribution < 1.29 is 0 Å². The highest BCUT2D eigenvalue weighted by atomic mass is 28.3. The highest BCUT2D eigenvalue weighted by molar-refractivity contribution is 6.90. The van der Waals surface area contributed by atoms with E-state index in [1.807, 2.05) is 18.2 Å². The Hall–Kier alpha value is -3.44. The Balaban J connectivity index is 2.14. The maximum absolute atomic E-state index is 3.67. The van der Waals surface area contributed by atoms with Crippen molar-refractivity contribution in [3.05, 3.63) is 108 Å². The molecule has 3 aromatic rings. The molecule has 0 atom stereocenters. The van der Waals surface area contributed by atoms with Crippen LogP contribution in [0.4, 0.5) is 0 Å². The zero-order valence-electron chi connectivity index (χ0n) is 21.9. The Morgan fingerprint density at radius 1 is 0.486 bits per heavy atom. The fourth-order valence-corrected chi connectivity index (χ4v) is 10.7. The van der Waals surface area contributed by atoms with Gasteiger partial charge in [-0.1, -0.05) is 138 Å². The van der Waals surface area contributed by atoms with Crippen molar-refractivity contribution in [2.45, 2.75) is 63.6 Å². The first-order valence-corrected chi connectivity index (χ1v) is 14.8. The molecular weight excluding hydrogens is 436 g/mol. The SMILES string of the molecule is CC(C)[Si](C#CC#CC#CC(c1ccccc1)(c1ccccc1)c1ccccc1)(C(C)C)C(C)C. The lowest BCUT2D eigenvalue weighted by atomic mass is 9.70. The van der Waals surface area contributed by atoms with Crippen molar-refractivity contribution in [3.63, 3.8) is 0 Å². The van der Waals surface area contributed by atoms with Gasteiger partial charge in [0, 0.05) is 0 Å². The molecule has 0 N–H and O–H groups in total. The van der Waals surface area contributed by atoms with E-state index in [-0.39, 0.29) is 0 Å². The van der Waals surface area contributed by atoms with Crippen molar-refractivity contribution in [3.8, 4) is 35.1 Å². The van der Waals surface area contributed by atoms with Gasteiger partial charge in [-0.05, 0) is 57.0 Å². The Labute approximate surface area is 214 Å². The largest absolute Gasteiger partial charge is 0.147 e. The summed E-state index contributed by atoms with van der Waals surface area (Å²) >= 11 is 0. The summed E-state index contributed by atoms with van der Waals surface area (Å²) in [5.74, 6) is 16.1. The summed E-state index contributed by atoms with van der Waals surface area (Å²) in [4.78, 5) is 0. The van der Waals surface area contributed by atoms with Crippen molar-refractivity contribution in [1.29, 1.82) is 0 Å². The van der Waals surface area contributed by atoms with Crippen LogP contribution in [0.15, 0.2) is 91.0 Å². The van der Waals surface area contributed by atoms with Gasteiger partial charge >= 0.3 is 0 Å². The zero-order chi connectivity index (χ0) is 25.3. The average molecular weight is 473 g/mol. The van der Waals surface area contributed by atoms with Crippen molar-refractivity contribution in [1.82, 2.24) is 0 Å². The second-order valence-electron chi connectivity index (χ2n) is 10.00. The predicted octanol–water partition coefficient (Wildman–Crippen LogP) is 8.25. The minimum atomic E-state index is -1.79. The van der Waals surface area contributed by atoms with Crippen LogP contribution in [0, 0.1) is 35.1 Å². The van der Waals surface area contributed by atoms with Gasteiger partial charge in [-0.3, -0.25) is 0 Å². The normalized spacial score (nSPS) is 11.2. The van der Waals surface area contributed by atoms with Crippen LogP contribution in [-0.4, -0.2) is 8.07 Å². The fraction of sp³-hybridized carbons (Fsp3) is 0.294. The molecule has 0 aliphatic heterocycles. The molecule has 1 heteroatoms. The molecule has 3 rings (SSSR count). The first kappa shape index (κ1) is 26.2. The molecule has 176 valence electrons. The second kappa shape index (κ2) is 11.8. The van der Waals surface area contributed by atoms with E-state index in [1.54, 1.807) is 0 Å². The van der Waals surface area contributed by atoms with E-state index in [9.17, 15) is 0 Å². The van der Waals surface area contributed by atoms with Gasteiger partial charge in [0.2, 0.25) is 0 Å². The first-order valence-electron chi connectivity index (χ1n) is 12.6. The summed E-state index contributed by atoms with van der Waals surface area (Å²) in [6.07, 6.45) is 0. The number of benzene rings is 3. The highest BCUT2D eigenvalue weighted by Crippen LogP contribution is 2.41. The molecule has 3 aromatic carbocycles. The van der Waals surface area contributed by atoms with Gasteiger partial charge in [0.05, 0.1) is 0 Å². The van der Waals surface area contributed by atoms with Crippen molar-refractivity contribution in [2.24, 2.45) is 0 Å². The molecule has 0 bridgehead atoms. The molecule has 0 nitrogen and oxygen atoms in total. The third-order valence-corrected chi connectivity index (χ3v) is 13.5. The van der Waals surface area contributed by atoms with Gasteiger partial charge in [-0.25, -0.2) is 0 Å². The van der Waals surface area contributed by atoms with E-state index in [1.165, 1.54) is 0 Å². The van der Waals surface area contributed by atoms with Crippen LogP contribution in [0.1, 0.15) is 58.2 Å². The van der Waals surface area contributed by atoms with E-state index < -0.39 is 13.5 Å². The topological polar surface area (TPSA) is 0 Å². The van der Waals surface area contributed by atoms with Gasteiger partial charge in [0.1, 0.15) is 13.5 Å². The minimum absolute atomic E-state index is 0.588. The quantitative estimate of drug-likeness (QED) is 0.192. The van der Waals surface area contributed by atoms with Crippen LogP contribution in [0.25, 0.3) is 0 Å². The Morgan fingerprint density at radius 3 is 1.17 bits per heavy atom. The third-order valence-electron chi connectivity index (χ3n) is 7.20. The van der Waals surface area contributed by atoms with E-state index >= 15 is 0 Å². The number of hydrogen-bond donors (Lipinski definition) is 0. The molecule has 0 aliphatic rings. The molecular formula is C34H36Si. The lowest BCUT2D eigenvalue weighted by Gasteiger charge is -2.37. The molecule has 35 heavy (non-hydrogen) atoms. The van der Waals surface area contributed by atoms with Crippen molar-refractivity contribution >= 4 is 8.07 Å². The molecule has 0 aliphatic carbocycles. The smallest absolute Gasteiger partial charge is 0.116 e. The molecule has 0 amide bonds. The van der Waals surface area contributed by atoms with Crippen molar-refractivity contribution in [2.75, 3.05) is 0 Å². The lowest BCUT2D eigenvalue weighted by Crippen LogP contribution is -2.43. The highest BCUT2D eigenvalue weighted by Gasteiger charge is 2.41. The van der Waals surface area contributed by atoms with E-state index in [2.05, 4.69) is 149 Å². The van der Waals surface area contributed by atoms with Crippen LogP contribution in [0.3, 0.4) is 0 Å². The molecule has 0 spiro atoms. The maximum Gasteiger partial charge on any atom is 0.147 e. The van der Waals surface area contributed by atoms with Gasteiger partial charge in [-0.2, -0.15) is 0 Å². The molecule has 0 unspecified atom stereocenters. The van der Waals surface area contributed by atoms with Gasteiger partial charge in [0.15, 0.2) is 0 Å². The van der Waals surface area contributed by atoms with E-state index in [4.69, 9.17) is 0 Å². The first-order chi connectivity index (χ1) is 16.9. The molecule has 0 fully saturated rings. The van der Waals surface area contributed by atoms with E-state index in [0.29, 0.717) is 16.6 Å². The van der Waals surface area contributed by atoms with Gasteiger partial charge < -0.3 is 0 Å². The van der Waals surface area contributed by atoms with Crippen LogP contribution in [0.5, 0.6) is 0 Å². The minimum Gasteiger partial charge on any atom is -0.116 e. The summed E-state index contributed by atoms with van der Waals surface area (Å²) in [6, 6.07) is 31.5. The Bertz CT molecular complexity index is 1150. The zero-order valence-corrected chi connectivity index (χ0v) is 22.9. The second-order valence-corrected chi connectivity index (χ2v) is 15.6. The molecule has 0 saturated carbocycles. The van der Waals surface area contributed by atoms with E-state index in [0.717, 1.165) is 16.7 Å². The number of rotatable bonds is 6. The summed E-state index contributed by atoms with van der Waals surface area (Å²) < 4.78 is 0. The molecule has 0 radical (unpaired) electrons. The summed E-state index contributed by atoms with van der Waals surface area (Å²) in [5, 5.41) is 0. The maximum atomic E-state index is 3.67. The van der Waals surface area contributed by atoms with Crippen LogP contribution >= 0.6 is 0 Å². The third kappa shape index (κ3) is 5.46. The van der Waals surface area contributed by atoms with Gasteiger partial charge in [-0.15, -0.1) is 5.54 Å². The predicted molar refractivity (Wildman–Crippen MR) is 154 cm³/mol. The standard InChI is InChI=1S/C34H36Si/c1-28(2)35(29(3)4,30(5)6)27-19-8-7-18-26-34(31-20-12-9-13-21-31,32-22-14-10-15-23-32)33-24-16-11-17-25-33/h9-17,20-25,28-30H,1-6H3. The molecule has 0 heterocycles. The summed E-state index contributed by atoms with van der Waals surface area (Å²) in [7, 11) is -1.79. The Morgan fingerprint density at radius 2 is 0.829 bits per heavy atom. The average Bonchev–Trinajstić information content (AvgIpc) is 2.87. The fourth-order valence-electron chi connectivity index (χ4n) is 5.54. The van der Waals surface area contributed by atoms with Crippen LogP contribution < -0.4 is 0 Å². The summed E-state index contributed by atoms with van der Waals surface area (Å²) in [6.45, 7) is 13.9. The van der Waals surface area contributed by atoms with Crippen LogP contribution in [0.2, 0.25) is 16.6 Å². The monoisotopic (exact) mass is 472 g/mol. The lowest BCUT2D eigenvalue weighted by molar-refractivity contribution is 0.809. The van der Waals surface area contributed by atoms with Crippen LogP contribution in [-0.2, 0) is 5.41 Å². The molecule has 0 aromatic heterocycles. The van der Waals surface area contributed by atoms with Gasteiger partial charge in [0.25, 0.3) is 0 Å². The Kier molecular flexibility index (Phi) is 8.82. The summed E-state index contributed by atoms with van der Waals surface area (Å²) in [5.41, 5.74) is 8.21.